The van der Waals surface area contributed by atoms with Crippen molar-refractivity contribution in [2.75, 3.05) is 13.1 Å². The standard InChI is InChI=1S/C17H19BrN4O/c1-21-12-19-20-17(21)14-8-10-22(11-9-14)16(23)7-6-13-4-2-3-5-15(13)18/h2-7,12,14H,8-11H2,1H3. The van der Waals surface area contributed by atoms with Gasteiger partial charge in [-0.3, -0.25) is 4.79 Å². The molecule has 0 aliphatic carbocycles. The summed E-state index contributed by atoms with van der Waals surface area (Å²) < 4.78 is 2.96. The molecule has 0 saturated carbocycles. The predicted molar refractivity (Wildman–Crippen MR) is 92.7 cm³/mol. The molecule has 2 heterocycles. The summed E-state index contributed by atoms with van der Waals surface area (Å²) in [6.07, 6.45) is 7.11. The Kier molecular flexibility index (Phi) is 4.91. The molecule has 0 atom stereocenters. The second-order valence-electron chi connectivity index (χ2n) is 5.75. The highest BCUT2D eigenvalue weighted by atomic mass is 79.9. The summed E-state index contributed by atoms with van der Waals surface area (Å²) in [6.45, 7) is 1.52. The van der Waals surface area contributed by atoms with E-state index in [9.17, 15) is 4.79 Å². The molecule has 1 aromatic heterocycles. The minimum atomic E-state index is 0.0668. The number of rotatable bonds is 3. The zero-order valence-corrected chi connectivity index (χ0v) is 14.6. The van der Waals surface area contributed by atoms with E-state index in [4.69, 9.17) is 0 Å². The van der Waals surface area contributed by atoms with Crippen LogP contribution < -0.4 is 0 Å². The largest absolute Gasteiger partial charge is 0.339 e. The first-order chi connectivity index (χ1) is 11.1. The Balaban J connectivity index is 1.58. The molecule has 0 N–H and O–H groups in total. The molecule has 0 radical (unpaired) electrons. The van der Waals surface area contributed by atoms with Crippen molar-refractivity contribution in [3.05, 3.63) is 52.5 Å². The first-order valence-corrected chi connectivity index (χ1v) is 8.50. The number of likely N-dealkylation sites (tertiary alicyclic amines) is 1. The summed E-state index contributed by atoms with van der Waals surface area (Å²) in [7, 11) is 1.97. The molecule has 1 fully saturated rings. The molecule has 1 aliphatic rings. The van der Waals surface area contributed by atoms with E-state index in [0.717, 1.165) is 41.8 Å². The summed E-state index contributed by atoms with van der Waals surface area (Å²) >= 11 is 3.49. The molecule has 0 unspecified atom stereocenters. The topological polar surface area (TPSA) is 51.0 Å². The summed E-state index contributed by atoms with van der Waals surface area (Å²) in [6, 6.07) is 7.87. The van der Waals surface area contributed by atoms with Gasteiger partial charge in [-0.15, -0.1) is 10.2 Å². The lowest BCUT2D eigenvalue weighted by Crippen LogP contribution is -2.37. The number of hydrogen-bond donors (Lipinski definition) is 0. The number of amides is 1. The third-order valence-electron chi connectivity index (χ3n) is 4.23. The molecule has 6 heteroatoms. The lowest BCUT2D eigenvalue weighted by molar-refractivity contribution is -0.127. The van der Waals surface area contributed by atoms with Gasteiger partial charge in [-0.25, -0.2) is 0 Å². The Morgan fingerprint density at radius 3 is 2.70 bits per heavy atom. The van der Waals surface area contributed by atoms with E-state index < -0.39 is 0 Å². The van der Waals surface area contributed by atoms with Gasteiger partial charge in [0.15, 0.2) is 0 Å². The van der Waals surface area contributed by atoms with Gasteiger partial charge >= 0.3 is 0 Å². The highest BCUT2D eigenvalue weighted by molar-refractivity contribution is 9.10. The maximum absolute atomic E-state index is 12.3. The van der Waals surface area contributed by atoms with Crippen molar-refractivity contribution in [2.24, 2.45) is 7.05 Å². The van der Waals surface area contributed by atoms with Gasteiger partial charge in [-0.1, -0.05) is 34.1 Å². The number of hydrogen-bond acceptors (Lipinski definition) is 3. The first kappa shape index (κ1) is 15.9. The Hall–Kier alpha value is -1.95. The minimum absolute atomic E-state index is 0.0668. The Bertz CT molecular complexity index is 717. The molecule has 23 heavy (non-hydrogen) atoms. The number of aryl methyl sites for hydroxylation is 1. The van der Waals surface area contributed by atoms with Gasteiger partial charge in [-0.2, -0.15) is 0 Å². The van der Waals surface area contributed by atoms with Gasteiger partial charge in [0.2, 0.25) is 5.91 Å². The maximum Gasteiger partial charge on any atom is 0.246 e. The van der Waals surface area contributed by atoms with Crippen molar-refractivity contribution in [1.29, 1.82) is 0 Å². The van der Waals surface area contributed by atoms with Crippen molar-refractivity contribution >= 4 is 27.9 Å². The molecular weight excluding hydrogens is 356 g/mol. The predicted octanol–water partition coefficient (Wildman–Crippen LogP) is 3.00. The zero-order valence-electron chi connectivity index (χ0n) is 13.0. The fourth-order valence-corrected chi connectivity index (χ4v) is 3.31. The molecule has 3 rings (SSSR count). The SMILES string of the molecule is Cn1cnnc1C1CCN(C(=O)C=Cc2ccccc2Br)CC1. The van der Waals surface area contributed by atoms with Crippen molar-refractivity contribution in [3.63, 3.8) is 0 Å². The van der Waals surface area contributed by atoms with Crippen LogP contribution in [-0.4, -0.2) is 38.7 Å². The number of nitrogens with zero attached hydrogens (tertiary/aromatic N) is 4. The summed E-state index contributed by atoms with van der Waals surface area (Å²) in [5.74, 6) is 1.47. The van der Waals surface area contributed by atoms with Crippen LogP contribution in [0.5, 0.6) is 0 Å². The lowest BCUT2D eigenvalue weighted by atomic mass is 9.96. The molecule has 120 valence electrons. The second kappa shape index (κ2) is 7.08. The molecule has 1 aliphatic heterocycles. The fraction of sp³-hybridized carbons (Fsp3) is 0.353. The summed E-state index contributed by atoms with van der Waals surface area (Å²) in [5.41, 5.74) is 1.01. The van der Waals surface area contributed by atoms with E-state index in [0.29, 0.717) is 5.92 Å². The quantitative estimate of drug-likeness (QED) is 0.775. The van der Waals surface area contributed by atoms with Crippen LogP contribution in [0, 0.1) is 0 Å². The molecule has 1 amide bonds. The highest BCUT2D eigenvalue weighted by Gasteiger charge is 2.25. The lowest BCUT2D eigenvalue weighted by Gasteiger charge is -2.30. The number of halogens is 1. The fourth-order valence-electron chi connectivity index (χ4n) is 2.90. The van der Waals surface area contributed by atoms with Crippen LogP contribution in [0.15, 0.2) is 41.1 Å². The van der Waals surface area contributed by atoms with Crippen LogP contribution in [0.4, 0.5) is 0 Å². The number of aromatic nitrogens is 3. The van der Waals surface area contributed by atoms with E-state index in [1.165, 1.54) is 0 Å². The van der Waals surface area contributed by atoms with E-state index >= 15 is 0 Å². The van der Waals surface area contributed by atoms with E-state index in [2.05, 4.69) is 26.1 Å². The molecule has 2 aromatic rings. The van der Waals surface area contributed by atoms with Crippen molar-refractivity contribution < 1.29 is 4.79 Å². The number of benzene rings is 1. The maximum atomic E-state index is 12.3. The van der Waals surface area contributed by atoms with Crippen molar-refractivity contribution in [3.8, 4) is 0 Å². The Morgan fingerprint density at radius 2 is 2.04 bits per heavy atom. The monoisotopic (exact) mass is 374 g/mol. The van der Waals surface area contributed by atoms with E-state index in [1.54, 1.807) is 12.4 Å². The molecule has 1 aromatic carbocycles. The van der Waals surface area contributed by atoms with Crippen molar-refractivity contribution in [1.82, 2.24) is 19.7 Å². The zero-order chi connectivity index (χ0) is 16.2. The van der Waals surface area contributed by atoms with Gasteiger partial charge < -0.3 is 9.47 Å². The van der Waals surface area contributed by atoms with Crippen molar-refractivity contribution in [2.45, 2.75) is 18.8 Å². The smallest absolute Gasteiger partial charge is 0.246 e. The second-order valence-corrected chi connectivity index (χ2v) is 6.61. The average molecular weight is 375 g/mol. The summed E-state index contributed by atoms with van der Waals surface area (Å²) in [5, 5.41) is 8.12. The normalized spacial score (nSPS) is 16.2. The third-order valence-corrected chi connectivity index (χ3v) is 4.95. The van der Waals surface area contributed by atoms with Gasteiger partial charge in [0, 0.05) is 36.6 Å². The van der Waals surface area contributed by atoms with Gasteiger partial charge in [-0.05, 0) is 30.5 Å². The highest BCUT2D eigenvalue weighted by Crippen LogP contribution is 2.26. The van der Waals surface area contributed by atoms with Crippen LogP contribution in [-0.2, 0) is 11.8 Å². The molecule has 5 nitrogen and oxygen atoms in total. The molecule has 0 spiro atoms. The van der Waals surface area contributed by atoms with Crippen LogP contribution in [0.2, 0.25) is 0 Å². The number of carbonyl (C=O) groups excluding carboxylic acids is 1. The molecular formula is C17H19BrN4O. The first-order valence-electron chi connectivity index (χ1n) is 7.70. The minimum Gasteiger partial charge on any atom is -0.339 e. The Labute approximate surface area is 144 Å². The van der Waals surface area contributed by atoms with Gasteiger partial charge in [0.05, 0.1) is 0 Å². The van der Waals surface area contributed by atoms with Gasteiger partial charge in [0.1, 0.15) is 12.2 Å². The van der Waals surface area contributed by atoms with Crippen LogP contribution in [0.1, 0.15) is 30.1 Å². The molecule has 1 saturated heterocycles. The number of carbonyl (C=O) groups is 1. The molecule has 0 bridgehead atoms. The number of piperidine rings is 1. The Morgan fingerprint density at radius 1 is 1.30 bits per heavy atom. The van der Waals surface area contributed by atoms with Crippen LogP contribution in [0.3, 0.4) is 0 Å². The summed E-state index contributed by atoms with van der Waals surface area (Å²) in [4.78, 5) is 14.2. The average Bonchev–Trinajstić information content (AvgIpc) is 3.00. The van der Waals surface area contributed by atoms with Gasteiger partial charge in [0.25, 0.3) is 0 Å². The third kappa shape index (κ3) is 3.69. The van der Waals surface area contributed by atoms with Crippen LogP contribution >= 0.6 is 15.9 Å². The van der Waals surface area contributed by atoms with E-state index in [1.807, 2.05) is 46.9 Å². The van der Waals surface area contributed by atoms with Crippen LogP contribution in [0.25, 0.3) is 6.08 Å². The van der Waals surface area contributed by atoms with E-state index in [-0.39, 0.29) is 5.91 Å².